The summed E-state index contributed by atoms with van der Waals surface area (Å²) in [6.45, 7) is 3.87. The number of rotatable bonds is 7. The van der Waals surface area contributed by atoms with Gasteiger partial charge >= 0.3 is 0 Å². The quantitative estimate of drug-likeness (QED) is 0.609. The maximum absolute atomic E-state index is 9.37. The van der Waals surface area contributed by atoms with E-state index >= 15 is 0 Å². The summed E-state index contributed by atoms with van der Waals surface area (Å²) in [5.41, 5.74) is 1.49. The number of fused-ring (bicyclic) bond motifs is 1. The molecule has 0 amide bonds. The summed E-state index contributed by atoms with van der Waals surface area (Å²) in [4.78, 5) is 16.1. The molecule has 1 fully saturated rings. The van der Waals surface area contributed by atoms with Crippen LogP contribution in [0.5, 0.6) is 0 Å². The zero-order chi connectivity index (χ0) is 14.0. The average Bonchev–Trinajstić information content (AvgIpc) is 3.11. The van der Waals surface area contributed by atoms with Gasteiger partial charge in [-0.05, 0) is 19.3 Å². The Hall–Kier alpha value is -1.89. The van der Waals surface area contributed by atoms with Crippen LogP contribution in [0.3, 0.4) is 0 Å². The van der Waals surface area contributed by atoms with Gasteiger partial charge < -0.3 is 20.7 Å². The minimum Gasteiger partial charge on any atom is -0.396 e. The van der Waals surface area contributed by atoms with Crippen LogP contribution in [0, 0.1) is 5.41 Å². The molecule has 4 N–H and O–H groups in total. The summed E-state index contributed by atoms with van der Waals surface area (Å²) in [5, 5.41) is 15.9. The number of hydrogen-bond donors (Lipinski definition) is 4. The van der Waals surface area contributed by atoms with Gasteiger partial charge in [0.2, 0.25) is 5.95 Å². The van der Waals surface area contributed by atoms with Crippen molar-refractivity contribution in [2.24, 2.45) is 5.41 Å². The first-order valence-corrected chi connectivity index (χ1v) is 7.06. The van der Waals surface area contributed by atoms with Gasteiger partial charge in [0.1, 0.15) is 5.52 Å². The Bertz CT molecular complexity index is 592. The molecular weight excluding hydrogens is 256 g/mol. The molecule has 2 aromatic rings. The first-order chi connectivity index (χ1) is 9.76. The van der Waals surface area contributed by atoms with Crippen molar-refractivity contribution < 1.29 is 5.11 Å². The van der Waals surface area contributed by atoms with Gasteiger partial charge in [-0.3, -0.25) is 0 Å². The Morgan fingerprint density at radius 2 is 2.20 bits per heavy atom. The summed E-state index contributed by atoms with van der Waals surface area (Å²) < 4.78 is 0. The summed E-state index contributed by atoms with van der Waals surface area (Å²) >= 11 is 0. The van der Waals surface area contributed by atoms with Crippen molar-refractivity contribution in [2.45, 2.75) is 26.2 Å². The van der Waals surface area contributed by atoms with Crippen LogP contribution in [0.4, 0.5) is 11.8 Å². The van der Waals surface area contributed by atoms with Gasteiger partial charge in [0, 0.05) is 18.5 Å². The van der Waals surface area contributed by atoms with E-state index in [1.807, 2.05) is 0 Å². The summed E-state index contributed by atoms with van der Waals surface area (Å²) in [5.74, 6) is 1.33. The summed E-state index contributed by atoms with van der Waals surface area (Å²) in [7, 11) is 0. The van der Waals surface area contributed by atoms with Crippen molar-refractivity contribution in [2.75, 3.05) is 30.3 Å². The van der Waals surface area contributed by atoms with Crippen molar-refractivity contribution >= 4 is 22.9 Å². The zero-order valence-corrected chi connectivity index (χ0v) is 11.6. The van der Waals surface area contributed by atoms with Gasteiger partial charge in [-0.2, -0.15) is 9.97 Å². The third-order valence-electron chi connectivity index (χ3n) is 3.74. The number of imidazole rings is 1. The largest absolute Gasteiger partial charge is 0.396 e. The molecule has 20 heavy (non-hydrogen) atoms. The minimum atomic E-state index is 0.0360. The second-order valence-corrected chi connectivity index (χ2v) is 5.44. The molecule has 0 bridgehead atoms. The molecule has 0 radical (unpaired) electrons. The number of H-pyrrole nitrogens is 1. The molecule has 1 saturated carbocycles. The number of aliphatic hydroxyl groups is 1. The molecule has 0 aliphatic heterocycles. The van der Waals surface area contributed by atoms with Crippen molar-refractivity contribution in [1.82, 2.24) is 19.9 Å². The molecule has 1 aliphatic carbocycles. The van der Waals surface area contributed by atoms with Crippen LogP contribution < -0.4 is 10.6 Å². The molecule has 3 rings (SSSR count). The molecule has 2 heterocycles. The maximum atomic E-state index is 9.37. The lowest BCUT2D eigenvalue weighted by molar-refractivity contribution is 0.219. The van der Waals surface area contributed by atoms with E-state index in [0.717, 1.165) is 43.7 Å². The predicted molar refractivity (Wildman–Crippen MR) is 77.7 cm³/mol. The summed E-state index contributed by atoms with van der Waals surface area (Å²) in [6, 6.07) is 0. The van der Waals surface area contributed by atoms with E-state index in [-0.39, 0.29) is 12.0 Å². The van der Waals surface area contributed by atoms with Gasteiger partial charge in [-0.15, -0.1) is 0 Å². The monoisotopic (exact) mass is 276 g/mol. The number of hydrogen-bond acceptors (Lipinski definition) is 6. The Labute approximate surface area is 117 Å². The number of nitrogens with zero attached hydrogens (tertiary/aromatic N) is 3. The maximum Gasteiger partial charge on any atom is 0.226 e. The van der Waals surface area contributed by atoms with Crippen LogP contribution in [0.15, 0.2) is 6.33 Å². The van der Waals surface area contributed by atoms with Crippen molar-refractivity contribution in [3.05, 3.63) is 6.33 Å². The molecule has 1 aliphatic rings. The van der Waals surface area contributed by atoms with Gasteiger partial charge in [-0.25, -0.2) is 4.98 Å². The van der Waals surface area contributed by atoms with Crippen LogP contribution in [-0.4, -0.2) is 44.7 Å². The third-order valence-corrected chi connectivity index (χ3v) is 3.74. The highest BCUT2D eigenvalue weighted by Gasteiger charge is 2.41. The van der Waals surface area contributed by atoms with E-state index in [1.165, 1.54) is 0 Å². The molecule has 0 spiro atoms. The Kier molecular flexibility index (Phi) is 3.43. The van der Waals surface area contributed by atoms with E-state index in [0.29, 0.717) is 11.6 Å². The van der Waals surface area contributed by atoms with Crippen molar-refractivity contribution in [1.29, 1.82) is 0 Å². The van der Waals surface area contributed by atoms with Crippen molar-refractivity contribution in [3.8, 4) is 0 Å². The Morgan fingerprint density at radius 1 is 1.35 bits per heavy atom. The first kappa shape index (κ1) is 13.1. The fraction of sp³-hybridized carbons (Fsp3) is 0.615. The SMILES string of the molecule is CCCNc1nc(NCC2(CO)CC2)c2[nH]cnc2n1. The second kappa shape index (κ2) is 5.24. The second-order valence-electron chi connectivity index (χ2n) is 5.44. The number of nitrogens with one attached hydrogen (secondary N) is 3. The van der Waals surface area contributed by atoms with E-state index < -0.39 is 0 Å². The fourth-order valence-electron chi connectivity index (χ4n) is 2.12. The van der Waals surface area contributed by atoms with Crippen LogP contribution >= 0.6 is 0 Å². The number of aromatic amines is 1. The molecule has 2 aromatic heterocycles. The van der Waals surface area contributed by atoms with Crippen LogP contribution in [0.2, 0.25) is 0 Å². The molecule has 7 nitrogen and oxygen atoms in total. The predicted octanol–water partition coefficient (Wildman–Crippen LogP) is 1.36. The third kappa shape index (κ3) is 2.53. The summed E-state index contributed by atoms with van der Waals surface area (Å²) in [6.07, 6.45) is 4.76. The van der Waals surface area contributed by atoms with E-state index in [2.05, 4.69) is 37.5 Å². The van der Waals surface area contributed by atoms with Crippen molar-refractivity contribution in [3.63, 3.8) is 0 Å². The lowest BCUT2D eigenvalue weighted by atomic mass is 10.1. The molecule has 0 saturated heterocycles. The molecule has 7 heteroatoms. The first-order valence-electron chi connectivity index (χ1n) is 7.06. The molecular formula is C13H20N6O. The Morgan fingerprint density at radius 3 is 2.90 bits per heavy atom. The number of anilines is 2. The molecule has 0 unspecified atom stereocenters. The van der Waals surface area contributed by atoms with Crippen LogP contribution in [0.1, 0.15) is 26.2 Å². The topological polar surface area (TPSA) is 98.8 Å². The lowest BCUT2D eigenvalue weighted by Gasteiger charge is -2.14. The minimum absolute atomic E-state index is 0.0360. The zero-order valence-electron chi connectivity index (χ0n) is 11.6. The van der Waals surface area contributed by atoms with E-state index in [9.17, 15) is 5.11 Å². The lowest BCUT2D eigenvalue weighted by Crippen LogP contribution is -2.20. The van der Waals surface area contributed by atoms with Gasteiger partial charge in [0.25, 0.3) is 0 Å². The van der Waals surface area contributed by atoms with Crippen LogP contribution in [0.25, 0.3) is 11.2 Å². The molecule has 108 valence electrons. The molecule has 0 aromatic carbocycles. The van der Waals surface area contributed by atoms with Crippen LogP contribution in [-0.2, 0) is 0 Å². The molecule has 0 atom stereocenters. The highest BCUT2D eigenvalue weighted by Crippen LogP contribution is 2.45. The fourth-order valence-corrected chi connectivity index (χ4v) is 2.12. The smallest absolute Gasteiger partial charge is 0.226 e. The highest BCUT2D eigenvalue weighted by molar-refractivity contribution is 5.83. The number of aromatic nitrogens is 4. The van der Waals surface area contributed by atoms with Gasteiger partial charge in [0.05, 0.1) is 12.9 Å². The van der Waals surface area contributed by atoms with Gasteiger partial charge in [-0.1, -0.05) is 6.92 Å². The highest BCUT2D eigenvalue weighted by atomic mass is 16.3. The standard InChI is InChI=1S/C13H20N6O/c1-2-5-14-12-18-10(9-11(19-12)17-8-16-9)15-6-13(7-20)3-4-13/h8,20H,2-7H2,1H3,(H3,14,15,16,17,18,19). The normalized spacial score (nSPS) is 16.3. The van der Waals surface area contributed by atoms with Gasteiger partial charge in [0.15, 0.2) is 11.5 Å². The number of aliphatic hydroxyl groups excluding tert-OH is 1. The average molecular weight is 276 g/mol. The van der Waals surface area contributed by atoms with E-state index in [4.69, 9.17) is 0 Å². The Balaban J connectivity index is 1.81. The van der Waals surface area contributed by atoms with E-state index in [1.54, 1.807) is 6.33 Å².